The third kappa shape index (κ3) is 4.11. The van der Waals surface area contributed by atoms with Crippen LogP contribution >= 0.6 is 0 Å². The van der Waals surface area contributed by atoms with E-state index in [4.69, 9.17) is 18.6 Å². The van der Waals surface area contributed by atoms with Crippen molar-refractivity contribution in [3.05, 3.63) is 59.0 Å². The topological polar surface area (TPSA) is 75.0 Å². The number of esters is 1. The van der Waals surface area contributed by atoms with Crippen LogP contribution in [-0.2, 0) is 4.79 Å². The van der Waals surface area contributed by atoms with E-state index < -0.39 is 5.41 Å². The van der Waals surface area contributed by atoms with Gasteiger partial charge in [0.05, 0.1) is 17.9 Å². The van der Waals surface area contributed by atoms with Gasteiger partial charge in [-0.2, -0.15) is 0 Å². The number of ether oxygens (including phenoxy) is 3. The lowest BCUT2D eigenvalue weighted by molar-refractivity contribution is -0.142. The monoisotopic (exact) mass is 368 g/mol. The number of carbonyl (C=O) groups is 1. The van der Waals surface area contributed by atoms with Crippen LogP contribution in [0, 0.1) is 5.41 Å². The molecule has 1 aromatic heterocycles. The molecule has 0 saturated heterocycles. The van der Waals surface area contributed by atoms with Gasteiger partial charge >= 0.3 is 5.97 Å². The predicted molar refractivity (Wildman–Crippen MR) is 101 cm³/mol. The van der Waals surface area contributed by atoms with Crippen LogP contribution in [0.25, 0.3) is 11.0 Å². The summed E-state index contributed by atoms with van der Waals surface area (Å²) in [6.45, 7) is 5.29. The Morgan fingerprint density at radius 3 is 2.22 bits per heavy atom. The third-order valence-corrected chi connectivity index (χ3v) is 3.82. The number of carbonyl (C=O) groups excluding carboxylic acids is 1. The van der Waals surface area contributed by atoms with Gasteiger partial charge in [0.25, 0.3) is 0 Å². The fraction of sp³-hybridized carbons (Fsp3) is 0.238. The van der Waals surface area contributed by atoms with E-state index in [1.165, 1.54) is 12.3 Å². The van der Waals surface area contributed by atoms with E-state index in [-0.39, 0.29) is 17.1 Å². The SMILES string of the molecule is COc1ccc(Oc2coc3cc(OC(=O)C(C)(C)C)ccc3c2=O)cc1. The Bertz CT molecular complexity index is 1030. The van der Waals surface area contributed by atoms with E-state index in [1.54, 1.807) is 64.3 Å². The maximum absolute atomic E-state index is 12.6. The van der Waals surface area contributed by atoms with E-state index in [0.717, 1.165) is 0 Å². The lowest BCUT2D eigenvalue weighted by Crippen LogP contribution is -2.25. The molecule has 3 rings (SSSR count). The van der Waals surface area contributed by atoms with Gasteiger partial charge in [0.15, 0.2) is 0 Å². The Morgan fingerprint density at radius 2 is 1.59 bits per heavy atom. The average molecular weight is 368 g/mol. The van der Waals surface area contributed by atoms with E-state index >= 15 is 0 Å². The Morgan fingerprint density at radius 1 is 0.963 bits per heavy atom. The first-order chi connectivity index (χ1) is 12.8. The van der Waals surface area contributed by atoms with E-state index in [2.05, 4.69) is 0 Å². The summed E-state index contributed by atoms with van der Waals surface area (Å²) in [6, 6.07) is 11.5. The van der Waals surface area contributed by atoms with Crippen molar-refractivity contribution in [1.29, 1.82) is 0 Å². The Labute approximate surface area is 156 Å². The zero-order valence-electron chi connectivity index (χ0n) is 15.6. The fourth-order valence-electron chi connectivity index (χ4n) is 2.26. The molecule has 140 valence electrons. The molecule has 0 aliphatic heterocycles. The van der Waals surface area contributed by atoms with Crippen LogP contribution in [0.3, 0.4) is 0 Å². The third-order valence-electron chi connectivity index (χ3n) is 3.82. The molecule has 0 unspecified atom stereocenters. The molecule has 0 spiro atoms. The second-order valence-electron chi connectivity index (χ2n) is 7.00. The number of benzene rings is 2. The normalized spacial score (nSPS) is 11.3. The number of rotatable bonds is 4. The van der Waals surface area contributed by atoms with Gasteiger partial charge in [-0.05, 0) is 57.2 Å². The zero-order chi connectivity index (χ0) is 19.6. The van der Waals surface area contributed by atoms with Crippen molar-refractivity contribution >= 4 is 16.9 Å². The highest BCUT2D eigenvalue weighted by molar-refractivity contribution is 5.82. The minimum atomic E-state index is -0.633. The summed E-state index contributed by atoms with van der Waals surface area (Å²) in [4.78, 5) is 24.6. The summed E-state index contributed by atoms with van der Waals surface area (Å²) in [7, 11) is 1.57. The highest BCUT2D eigenvalue weighted by Gasteiger charge is 2.24. The van der Waals surface area contributed by atoms with Crippen molar-refractivity contribution in [2.75, 3.05) is 7.11 Å². The smallest absolute Gasteiger partial charge is 0.316 e. The lowest BCUT2D eigenvalue weighted by Gasteiger charge is -2.16. The summed E-state index contributed by atoms with van der Waals surface area (Å²) >= 11 is 0. The Balaban J connectivity index is 1.87. The minimum Gasteiger partial charge on any atom is -0.497 e. The van der Waals surface area contributed by atoms with Crippen molar-refractivity contribution in [1.82, 2.24) is 0 Å². The van der Waals surface area contributed by atoms with Crippen molar-refractivity contribution < 1.29 is 23.4 Å². The summed E-state index contributed by atoms with van der Waals surface area (Å²) in [5, 5.41) is 0.330. The van der Waals surface area contributed by atoms with Gasteiger partial charge in [0.1, 0.15) is 29.1 Å². The van der Waals surface area contributed by atoms with Crippen molar-refractivity contribution in [3.63, 3.8) is 0 Å². The van der Waals surface area contributed by atoms with E-state index in [0.29, 0.717) is 28.2 Å². The van der Waals surface area contributed by atoms with Crippen molar-refractivity contribution in [2.24, 2.45) is 5.41 Å². The molecule has 0 bridgehead atoms. The van der Waals surface area contributed by atoms with Crippen molar-refractivity contribution in [3.8, 4) is 23.0 Å². The molecule has 0 amide bonds. The predicted octanol–water partition coefficient (Wildman–Crippen LogP) is 4.55. The van der Waals surface area contributed by atoms with Gasteiger partial charge in [-0.3, -0.25) is 9.59 Å². The quantitative estimate of drug-likeness (QED) is 0.497. The first-order valence-corrected chi connectivity index (χ1v) is 8.38. The molecule has 6 nitrogen and oxygen atoms in total. The lowest BCUT2D eigenvalue weighted by atomic mass is 9.97. The standard InChI is InChI=1S/C21H20O6/c1-21(2,3)20(23)27-15-9-10-16-17(11-15)25-12-18(19(16)22)26-14-7-5-13(24-4)6-8-14/h5-12H,1-4H3. The van der Waals surface area contributed by atoms with Crippen LogP contribution in [0.15, 0.2) is 57.9 Å². The Hall–Kier alpha value is -3.28. The summed E-state index contributed by atoms with van der Waals surface area (Å²) in [5.41, 5.74) is -0.645. The van der Waals surface area contributed by atoms with Gasteiger partial charge in [-0.25, -0.2) is 0 Å². The van der Waals surface area contributed by atoms with Gasteiger partial charge in [0.2, 0.25) is 11.2 Å². The van der Waals surface area contributed by atoms with Crippen LogP contribution in [0.4, 0.5) is 0 Å². The second-order valence-corrected chi connectivity index (χ2v) is 7.00. The van der Waals surface area contributed by atoms with Gasteiger partial charge in [-0.15, -0.1) is 0 Å². The maximum Gasteiger partial charge on any atom is 0.316 e. The first-order valence-electron chi connectivity index (χ1n) is 8.38. The van der Waals surface area contributed by atoms with Crippen LogP contribution in [0.5, 0.6) is 23.0 Å². The molecule has 1 heterocycles. The molecule has 2 aromatic carbocycles. The van der Waals surface area contributed by atoms with Crippen molar-refractivity contribution in [2.45, 2.75) is 20.8 Å². The molecule has 0 N–H and O–H groups in total. The van der Waals surface area contributed by atoms with Gasteiger partial charge in [0, 0.05) is 6.07 Å². The highest BCUT2D eigenvalue weighted by Crippen LogP contribution is 2.26. The van der Waals surface area contributed by atoms with E-state index in [9.17, 15) is 9.59 Å². The molecule has 0 aliphatic carbocycles. The van der Waals surface area contributed by atoms with Crippen LogP contribution in [0.2, 0.25) is 0 Å². The number of hydrogen-bond donors (Lipinski definition) is 0. The van der Waals surface area contributed by atoms with Crippen LogP contribution in [-0.4, -0.2) is 13.1 Å². The molecule has 6 heteroatoms. The minimum absolute atomic E-state index is 0.0621. The number of fused-ring (bicyclic) bond motifs is 1. The highest BCUT2D eigenvalue weighted by atomic mass is 16.5. The number of hydrogen-bond acceptors (Lipinski definition) is 6. The Kier molecular flexibility index (Phi) is 4.90. The van der Waals surface area contributed by atoms with Gasteiger partial charge < -0.3 is 18.6 Å². The first kappa shape index (κ1) is 18.5. The van der Waals surface area contributed by atoms with E-state index in [1.807, 2.05) is 0 Å². The summed E-state index contributed by atoms with van der Waals surface area (Å²) in [5.74, 6) is 1.17. The fourth-order valence-corrected chi connectivity index (χ4v) is 2.26. The van der Waals surface area contributed by atoms with Crippen LogP contribution < -0.4 is 19.6 Å². The molecule has 0 fully saturated rings. The summed E-state index contributed by atoms with van der Waals surface area (Å²) in [6.07, 6.45) is 1.24. The molecular formula is C21H20O6. The summed E-state index contributed by atoms with van der Waals surface area (Å²) < 4.78 is 21.5. The van der Waals surface area contributed by atoms with Gasteiger partial charge in [-0.1, -0.05) is 0 Å². The second kappa shape index (κ2) is 7.15. The zero-order valence-corrected chi connectivity index (χ0v) is 15.6. The number of methoxy groups -OCH3 is 1. The molecule has 0 saturated carbocycles. The molecule has 0 aliphatic rings. The maximum atomic E-state index is 12.6. The largest absolute Gasteiger partial charge is 0.497 e. The molecule has 27 heavy (non-hydrogen) atoms. The molecule has 0 radical (unpaired) electrons. The molecule has 0 atom stereocenters. The molecular weight excluding hydrogens is 348 g/mol. The average Bonchev–Trinajstić information content (AvgIpc) is 2.64. The molecule has 3 aromatic rings. The van der Waals surface area contributed by atoms with Crippen LogP contribution in [0.1, 0.15) is 20.8 Å².